The van der Waals surface area contributed by atoms with E-state index in [4.69, 9.17) is 11.6 Å². The quantitative estimate of drug-likeness (QED) is 0.689. The van der Waals surface area contributed by atoms with Crippen LogP contribution in [0.25, 0.3) is 5.69 Å². The molecule has 1 heterocycles. The molecule has 2 rings (SSSR count). The highest BCUT2D eigenvalue weighted by molar-refractivity contribution is 6.30. The Bertz CT molecular complexity index is 625. The van der Waals surface area contributed by atoms with Gasteiger partial charge in [-0.05, 0) is 12.5 Å². The van der Waals surface area contributed by atoms with Crippen LogP contribution in [0.4, 0.5) is 5.69 Å². The Hall–Kier alpha value is -1.92. The molecule has 0 radical (unpaired) electrons. The third kappa shape index (κ3) is 2.32. The summed E-state index contributed by atoms with van der Waals surface area (Å²) in [4.78, 5) is 10.5. The van der Waals surface area contributed by atoms with E-state index >= 15 is 0 Å². The highest BCUT2D eigenvalue weighted by Gasteiger charge is 2.21. The Morgan fingerprint density at radius 1 is 1.47 bits per heavy atom. The van der Waals surface area contributed by atoms with Gasteiger partial charge in [-0.25, -0.2) is 4.68 Å². The second kappa shape index (κ2) is 5.38. The standard InChI is InChI=1S/C12H12ClN3O3/c1-2-9-8(7-17)12(13)15(14-9)10-5-3-4-6-11(10)16(18)19/h3-6,17H,2,7H2,1H3. The first-order valence-electron chi connectivity index (χ1n) is 5.71. The van der Waals surface area contributed by atoms with Crippen LogP contribution in [-0.4, -0.2) is 19.8 Å². The fourth-order valence-corrected chi connectivity index (χ4v) is 2.17. The Morgan fingerprint density at radius 3 is 2.68 bits per heavy atom. The van der Waals surface area contributed by atoms with Gasteiger partial charge in [0.25, 0.3) is 5.69 Å². The summed E-state index contributed by atoms with van der Waals surface area (Å²) in [5.41, 5.74) is 1.33. The number of hydrogen-bond acceptors (Lipinski definition) is 4. The molecule has 0 amide bonds. The Balaban J connectivity index is 2.66. The molecule has 0 aliphatic rings. The number of aromatic nitrogens is 2. The van der Waals surface area contributed by atoms with Gasteiger partial charge in [-0.2, -0.15) is 5.10 Å². The van der Waals surface area contributed by atoms with E-state index in [0.717, 1.165) is 0 Å². The maximum atomic E-state index is 11.0. The number of aliphatic hydroxyl groups is 1. The normalized spacial score (nSPS) is 10.7. The van der Waals surface area contributed by atoms with Crippen LogP contribution in [0.5, 0.6) is 0 Å². The lowest BCUT2D eigenvalue weighted by Gasteiger charge is -2.04. The Morgan fingerprint density at radius 2 is 2.16 bits per heavy atom. The van der Waals surface area contributed by atoms with Crippen LogP contribution in [0.15, 0.2) is 24.3 Å². The van der Waals surface area contributed by atoms with Crippen LogP contribution in [0.2, 0.25) is 5.15 Å². The van der Waals surface area contributed by atoms with Gasteiger partial charge in [-0.1, -0.05) is 30.7 Å². The molecular formula is C12H12ClN3O3. The average molecular weight is 282 g/mol. The molecule has 0 aliphatic carbocycles. The van der Waals surface area contributed by atoms with E-state index in [9.17, 15) is 15.2 Å². The number of nitrogens with zero attached hydrogens (tertiary/aromatic N) is 3. The van der Waals surface area contributed by atoms with Crippen LogP contribution in [0.3, 0.4) is 0 Å². The predicted octanol–water partition coefficient (Wildman–Crippen LogP) is 2.49. The molecule has 0 unspecified atom stereocenters. The second-order valence-corrected chi connectivity index (χ2v) is 4.24. The number of hydrogen-bond donors (Lipinski definition) is 1. The predicted molar refractivity (Wildman–Crippen MR) is 70.5 cm³/mol. The zero-order valence-corrected chi connectivity index (χ0v) is 11.0. The molecule has 1 N–H and O–H groups in total. The third-order valence-electron chi connectivity index (χ3n) is 2.80. The maximum Gasteiger partial charge on any atom is 0.294 e. The zero-order valence-electron chi connectivity index (χ0n) is 10.2. The fourth-order valence-electron chi connectivity index (χ4n) is 1.87. The van der Waals surface area contributed by atoms with Gasteiger partial charge in [0.2, 0.25) is 0 Å². The molecule has 1 aromatic carbocycles. The van der Waals surface area contributed by atoms with Gasteiger partial charge in [0.05, 0.1) is 17.2 Å². The minimum Gasteiger partial charge on any atom is -0.391 e. The van der Waals surface area contributed by atoms with Gasteiger partial charge in [-0.3, -0.25) is 10.1 Å². The highest BCUT2D eigenvalue weighted by Crippen LogP contribution is 2.29. The molecule has 0 saturated heterocycles. The molecule has 0 saturated carbocycles. The number of nitro groups is 1. The smallest absolute Gasteiger partial charge is 0.294 e. The van der Waals surface area contributed by atoms with Crippen molar-refractivity contribution >= 4 is 17.3 Å². The summed E-state index contributed by atoms with van der Waals surface area (Å²) in [6, 6.07) is 6.20. The lowest BCUT2D eigenvalue weighted by atomic mass is 10.2. The number of rotatable bonds is 4. The molecule has 7 heteroatoms. The summed E-state index contributed by atoms with van der Waals surface area (Å²) in [5.74, 6) is 0. The molecule has 0 atom stereocenters. The molecule has 19 heavy (non-hydrogen) atoms. The Kier molecular flexibility index (Phi) is 3.82. The van der Waals surface area contributed by atoms with Crippen LogP contribution >= 0.6 is 11.6 Å². The van der Waals surface area contributed by atoms with Crippen LogP contribution in [0.1, 0.15) is 18.2 Å². The third-order valence-corrected chi connectivity index (χ3v) is 3.19. The first-order valence-corrected chi connectivity index (χ1v) is 6.08. The topological polar surface area (TPSA) is 81.2 Å². The van der Waals surface area contributed by atoms with Gasteiger partial charge >= 0.3 is 0 Å². The molecule has 0 fully saturated rings. The van der Waals surface area contributed by atoms with Gasteiger partial charge in [0, 0.05) is 11.6 Å². The first kappa shape index (κ1) is 13.5. The van der Waals surface area contributed by atoms with E-state index in [2.05, 4.69) is 5.10 Å². The molecule has 0 spiro atoms. The summed E-state index contributed by atoms with van der Waals surface area (Å²) >= 11 is 6.14. The van der Waals surface area contributed by atoms with Crippen LogP contribution in [-0.2, 0) is 13.0 Å². The van der Waals surface area contributed by atoms with Crippen molar-refractivity contribution in [3.05, 3.63) is 50.8 Å². The number of benzene rings is 1. The minimum atomic E-state index is -0.489. The van der Waals surface area contributed by atoms with Gasteiger partial charge in [0.1, 0.15) is 10.8 Å². The van der Waals surface area contributed by atoms with Crippen molar-refractivity contribution in [2.45, 2.75) is 20.0 Å². The summed E-state index contributed by atoms with van der Waals surface area (Å²) < 4.78 is 1.30. The highest BCUT2D eigenvalue weighted by atomic mass is 35.5. The van der Waals surface area contributed by atoms with E-state index in [-0.39, 0.29) is 23.1 Å². The first-order chi connectivity index (χ1) is 9.10. The van der Waals surface area contributed by atoms with Gasteiger partial charge in [0.15, 0.2) is 0 Å². The number of aliphatic hydroxyl groups excluding tert-OH is 1. The van der Waals surface area contributed by atoms with E-state index in [1.807, 2.05) is 6.92 Å². The SMILES string of the molecule is CCc1nn(-c2ccccc2[N+](=O)[O-])c(Cl)c1CO. The number of halogens is 1. The summed E-state index contributed by atoms with van der Waals surface area (Å²) in [6.07, 6.45) is 0.587. The molecule has 6 nitrogen and oxygen atoms in total. The van der Waals surface area contributed by atoms with Crippen molar-refractivity contribution in [1.82, 2.24) is 9.78 Å². The molecule has 1 aromatic heterocycles. The maximum absolute atomic E-state index is 11.0. The van der Waals surface area contributed by atoms with Crippen molar-refractivity contribution < 1.29 is 10.0 Å². The molecule has 0 bridgehead atoms. The van der Waals surface area contributed by atoms with E-state index < -0.39 is 4.92 Å². The monoisotopic (exact) mass is 281 g/mol. The molecule has 0 aliphatic heterocycles. The zero-order chi connectivity index (χ0) is 14.0. The number of para-hydroxylation sites is 2. The van der Waals surface area contributed by atoms with Crippen molar-refractivity contribution in [1.29, 1.82) is 0 Å². The van der Waals surface area contributed by atoms with Crippen molar-refractivity contribution in [2.24, 2.45) is 0 Å². The van der Waals surface area contributed by atoms with E-state index in [0.29, 0.717) is 17.7 Å². The Labute approximate surface area is 114 Å². The van der Waals surface area contributed by atoms with Crippen molar-refractivity contribution in [3.8, 4) is 5.69 Å². The summed E-state index contributed by atoms with van der Waals surface area (Å²) in [5, 5.41) is 24.7. The average Bonchev–Trinajstić information content (AvgIpc) is 2.74. The molecule has 100 valence electrons. The molecule has 2 aromatic rings. The van der Waals surface area contributed by atoms with E-state index in [1.165, 1.54) is 10.7 Å². The van der Waals surface area contributed by atoms with Crippen molar-refractivity contribution in [3.63, 3.8) is 0 Å². The number of nitro benzene ring substituents is 1. The lowest BCUT2D eigenvalue weighted by molar-refractivity contribution is -0.384. The van der Waals surface area contributed by atoms with Crippen LogP contribution in [0, 0.1) is 10.1 Å². The minimum absolute atomic E-state index is 0.0842. The summed E-state index contributed by atoms with van der Waals surface area (Å²) in [7, 11) is 0. The molecular weight excluding hydrogens is 270 g/mol. The largest absolute Gasteiger partial charge is 0.391 e. The van der Waals surface area contributed by atoms with Gasteiger partial charge in [-0.15, -0.1) is 0 Å². The lowest BCUT2D eigenvalue weighted by Crippen LogP contribution is -2.02. The van der Waals surface area contributed by atoms with Crippen molar-refractivity contribution in [2.75, 3.05) is 0 Å². The van der Waals surface area contributed by atoms with Gasteiger partial charge < -0.3 is 5.11 Å². The van der Waals surface area contributed by atoms with Crippen LogP contribution < -0.4 is 0 Å². The summed E-state index contributed by atoms with van der Waals surface area (Å²) in [6.45, 7) is 1.63. The van der Waals surface area contributed by atoms with E-state index in [1.54, 1.807) is 18.2 Å². The number of aryl methyl sites for hydroxylation is 1. The fraction of sp³-hybridized carbons (Fsp3) is 0.250. The second-order valence-electron chi connectivity index (χ2n) is 3.89.